The maximum atomic E-state index is 6.16. The minimum Gasteiger partial charge on any atom is -0.493 e. The van der Waals surface area contributed by atoms with E-state index >= 15 is 0 Å². The topological polar surface area (TPSA) is 55.4 Å². The molecule has 7 atom stereocenters. The lowest BCUT2D eigenvalue weighted by Crippen LogP contribution is -2.42. The molecule has 1 aromatic carbocycles. The smallest absolute Gasteiger partial charge is 0.191 e. The van der Waals surface area contributed by atoms with Crippen LogP contribution in [0.2, 0.25) is 0 Å². The number of benzene rings is 1. The summed E-state index contributed by atoms with van der Waals surface area (Å²) in [6, 6.07) is 9.78. The first kappa shape index (κ1) is 28.1. The van der Waals surface area contributed by atoms with Crippen LogP contribution in [0.1, 0.15) is 46.5 Å². The van der Waals surface area contributed by atoms with Crippen molar-refractivity contribution in [2.24, 2.45) is 0 Å². The van der Waals surface area contributed by atoms with Gasteiger partial charge in [-0.3, -0.25) is 0 Å². The van der Waals surface area contributed by atoms with E-state index in [1.165, 1.54) is 12.2 Å². The molecule has 7 heteroatoms. The molecule has 0 amide bonds. The highest BCUT2D eigenvalue weighted by atomic mass is 16.8. The van der Waals surface area contributed by atoms with Crippen molar-refractivity contribution in [2.75, 3.05) is 6.61 Å². The van der Waals surface area contributed by atoms with Gasteiger partial charge in [0, 0.05) is 11.1 Å². The van der Waals surface area contributed by atoms with Crippen molar-refractivity contribution in [3.63, 3.8) is 0 Å². The van der Waals surface area contributed by atoms with E-state index in [-0.39, 0.29) is 6.10 Å². The van der Waals surface area contributed by atoms with E-state index in [9.17, 15) is 0 Å². The van der Waals surface area contributed by atoms with E-state index in [4.69, 9.17) is 36.3 Å². The standard InChI is InChI=1S/C23H25BO6.2C2H6/c1-3-5-9-15(4-2)22-29-20-19(25-13-12-24)18(28-23(20)30-22)17-14-26-21(27-17)16-10-7-6-8-11-16;2*1-2/h3-13,17-23H,2,14H2,1H3;2*1-2H3/b5-3-,13-12+,15-9+;;. The lowest BCUT2D eigenvalue weighted by molar-refractivity contribution is -0.182. The fourth-order valence-corrected chi connectivity index (χ4v) is 3.77. The molecule has 1 aromatic rings. The molecular weight excluding hydrogens is 431 g/mol. The van der Waals surface area contributed by atoms with Gasteiger partial charge in [-0.2, -0.15) is 0 Å². The molecule has 3 saturated heterocycles. The minimum atomic E-state index is -0.593. The molecule has 3 fully saturated rings. The first-order valence-electron chi connectivity index (χ1n) is 12.0. The number of hydrogen-bond donors (Lipinski definition) is 0. The number of rotatable bonds is 7. The fourth-order valence-electron chi connectivity index (χ4n) is 3.77. The molecule has 6 nitrogen and oxygen atoms in total. The van der Waals surface area contributed by atoms with Crippen LogP contribution in [0, 0.1) is 0 Å². The zero-order valence-corrected chi connectivity index (χ0v) is 20.8. The summed E-state index contributed by atoms with van der Waals surface area (Å²) >= 11 is 0. The summed E-state index contributed by atoms with van der Waals surface area (Å²) in [6.45, 7) is 14.1. The summed E-state index contributed by atoms with van der Waals surface area (Å²) in [6.07, 6.45) is 5.56. The van der Waals surface area contributed by atoms with Crippen LogP contribution in [0.5, 0.6) is 0 Å². The van der Waals surface area contributed by atoms with Gasteiger partial charge in [0.15, 0.2) is 31.1 Å². The van der Waals surface area contributed by atoms with Crippen LogP contribution in [0.25, 0.3) is 0 Å². The average molecular weight is 468 g/mol. The predicted molar refractivity (Wildman–Crippen MR) is 134 cm³/mol. The zero-order valence-electron chi connectivity index (χ0n) is 20.8. The lowest BCUT2D eigenvalue weighted by atomic mass is 10.1. The third-order valence-corrected chi connectivity index (χ3v) is 5.20. The third-order valence-electron chi connectivity index (χ3n) is 5.20. The third kappa shape index (κ3) is 6.71. The Hall–Kier alpha value is -2.16. The molecule has 0 bridgehead atoms. The van der Waals surface area contributed by atoms with E-state index in [2.05, 4.69) is 6.58 Å². The van der Waals surface area contributed by atoms with Crippen molar-refractivity contribution in [3.8, 4) is 0 Å². The Balaban J connectivity index is 0.000000970. The maximum Gasteiger partial charge on any atom is 0.191 e. The quantitative estimate of drug-likeness (QED) is 0.306. The highest BCUT2D eigenvalue weighted by molar-refractivity contribution is 6.16. The van der Waals surface area contributed by atoms with Gasteiger partial charge in [-0.05, 0) is 6.92 Å². The van der Waals surface area contributed by atoms with E-state index in [1.54, 1.807) is 6.08 Å². The van der Waals surface area contributed by atoms with Gasteiger partial charge in [-0.15, -0.1) is 0 Å². The number of fused-ring (bicyclic) bond motifs is 1. The maximum absolute atomic E-state index is 6.16. The Morgan fingerprint density at radius 3 is 2.41 bits per heavy atom. The molecular formula is C27H37BO6. The summed E-state index contributed by atoms with van der Waals surface area (Å²) in [4.78, 5) is 0. The number of ether oxygens (including phenoxy) is 6. The summed E-state index contributed by atoms with van der Waals surface area (Å²) in [7, 11) is 5.49. The molecule has 0 aliphatic carbocycles. The van der Waals surface area contributed by atoms with Crippen LogP contribution in [0.15, 0.2) is 79.0 Å². The molecule has 0 spiro atoms. The molecule has 0 saturated carbocycles. The molecule has 184 valence electrons. The lowest BCUT2D eigenvalue weighted by Gasteiger charge is -2.26. The van der Waals surface area contributed by atoms with Crippen LogP contribution >= 0.6 is 0 Å². The highest BCUT2D eigenvalue weighted by Crippen LogP contribution is 2.40. The van der Waals surface area contributed by atoms with Crippen LogP contribution in [-0.2, 0) is 28.4 Å². The van der Waals surface area contributed by atoms with Gasteiger partial charge < -0.3 is 28.4 Å². The molecule has 4 rings (SSSR count). The predicted octanol–water partition coefficient (Wildman–Crippen LogP) is 5.33. The Morgan fingerprint density at radius 2 is 1.76 bits per heavy atom. The molecule has 3 heterocycles. The van der Waals surface area contributed by atoms with E-state index in [0.717, 1.165) is 11.1 Å². The highest BCUT2D eigenvalue weighted by Gasteiger charge is 2.57. The van der Waals surface area contributed by atoms with Gasteiger partial charge in [0.05, 0.1) is 12.9 Å². The van der Waals surface area contributed by atoms with Crippen LogP contribution in [0.4, 0.5) is 0 Å². The van der Waals surface area contributed by atoms with Crippen molar-refractivity contribution in [3.05, 3.63) is 84.6 Å². The zero-order chi connectivity index (χ0) is 24.9. The molecule has 2 radical (unpaired) electrons. The molecule has 3 aliphatic heterocycles. The molecule has 34 heavy (non-hydrogen) atoms. The number of hydrogen-bond acceptors (Lipinski definition) is 6. The van der Waals surface area contributed by atoms with Gasteiger partial charge in [0.2, 0.25) is 0 Å². The summed E-state index contributed by atoms with van der Waals surface area (Å²) < 4.78 is 36.1. The second kappa shape index (κ2) is 15.0. The van der Waals surface area contributed by atoms with E-state index < -0.39 is 37.2 Å². The number of allylic oxidation sites excluding steroid dienone is 3. The van der Waals surface area contributed by atoms with E-state index in [1.807, 2.05) is 83.2 Å². The summed E-state index contributed by atoms with van der Waals surface area (Å²) in [5.41, 5.74) is 1.76. The van der Waals surface area contributed by atoms with Crippen LogP contribution in [0.3, 0.4) is 0 Å². The molecule has 0 aromatic heterocycles. The first-order valence-corrected chi connectivity index (χ1v) is 12.0. The Morgan fingerprint density at radius 1 is 1.03 bits per heavy atom. The largest absolute Gasteiger partial charge is 0.493 e. The summed E-state index contributed by atoms with van der Waals surface area (Å²) in [5.74, 6) is 1.33. The van der Waals surface area contributed by atoms with Gasteiger partial charge in [-0.1, -0.05) is 94.9 Å². The van der Waals surface area contributed by atoms with Gasteiger partial charge >= 0.3 is 0 Å². The second-order valence-electron chi connectivity index (χ2n) is 7.11. The Bertz CT molecular complexity index is 809. The molecule has 3 aliphatic rings. The Kier molecular flexibility index (Phi) is 12.4. The van der Waals surface area contributed by atoms with Gasteiger partial charge in [0.1, 0.15) is 20.1 Å². The molecule has 7 unspecified atom stereocenters. The van der Waals surface area contributed by atoms with E-state index in [0.29, 0.717) is 6.61 Å². The average Bonchev–Trinajstić information content (AvgIpc) is 3.61. The Labute approximate surface area is 205 Å². The fraction of sp³-hybridized carbons (Fsp3) is 0.481. The minimum absolute atomic E-state index is 0.333. The van der Waals surface area contributed by atoms with Crippen molar-refractivity contribution >= 4 is 7.85 Å². The van der Waals surface area contributed by atoms with Crippen molar-refractivity contribution in [1.82, 2.24) is 0 Å². The first-order chi connectivity index (χ1) is 16.7. The monoisotopic (exact) mass is 468 g/mol. The summed E-state index contributed by atoms with van der Waals surface area (Å²) in [5, 5.41) is 0. The SMILES string of the molecule is CC.CC.[B]/C=C/OC1C(C2COC(c3ccccc3)O2)OC2OC(/C(C=C)=C/C=C\C)OC21. The van der Waals surface area contributed by atoms with Crippen molar-refractivity contribution < 1.29 is 28.4 Å². The van der Waals surface area contributed by atoms with Crippen LogP contribution < -0.4 is 0 Å². The molecule has 0 N–H and O–H groups in total. The second-order valence-corrected chi connectivity index (χ2v) is 7.11. The van der Waals surface area contributed by atoms with Gasteiger partial charge in [0.25, 0.3) is 0 Å². The van der Waals surface area contributed by atoms with Crippen molar-refractivity contribution in [2.45, 2.75) is 77.9 Å². The van der Waals surface area contributed by atoms with Gasteiger partial charge in [-0.25, -0.2) is 0 Å². The van der Waals surface area contributed by atoms with Crippen LogP contribution in [-0.4, -0.2) is 51.4 Å². The van der Waals surface area contributed by atoms with Crippen molar-refractivity contribution in [1.29, 1.82) is 0 Å². The normalized spacial score (nSPS) is 32.6.